The van der Waals surface area contributed by atoms with Crippen LogP contribution in [0, 0.1) is 0 Å². The van der Waals surface area contributed by atoms with Crippen molar-refractivity contribution in [3.63, 3.8) is 0 Å². The minimum Gasteiger partial charge on any atom is -0.394 e. The normalized spacial score (nSPS) is 47.9. The number of aliphatic hydroxyl groups is 2. The van der Waals surface area contributed by atoms with E-state index in [1.54, 1.807) is 0 Å². The van der Waals surface area contributed by atoms with Crippen molar-refractivity contribution in [1.82, 2.24) is 0 Å². The number of hydrogen-bond donors (Lipinski definition) is 2. The quantitative estimate of drug-likeness (QED) is 0.446. The van der Waals surface area contributed by atoms with Gasteiger partial charge in [-0.1, -0.05) is 0 Å². The second kappa shape index (κ2) is 2.86. The van der Waals surface area contributed by atoms with E-state index in [2.05, 4.69) is 4.74 Å². The zero-order chi connectivity index (χ0) is 7.72. The van der Waals surface area contributed by atoms with Crippen LogP contribution in [0.15, 0.2) is 0 Å². The van der Waals surface area contributed by atoms with Crippen molar-refractivity contribution in [2.75, 3.05) is 6.61 Å². The molecule has 0 aromatic carbocycles. The molecule has 0 saturated carbocycles. The molecule has 0 bridgehead atoms. The van der Waals surface area contributed by atoms with Crippen LogP contribution in [0.25, 0.3) is 0 Å². The summed E-state index contributed by atoms with van der Waals surface area (Å²) < 4.78 is 17.2. The Morgan fingerprint density at radius 2 is 2.20 bits per heavy atom. The molecule has 0 aromatic rings. The van der Waals surface area contributed by atoms with E-state index in [9.17, 15) is 4.39 Å². The van der Waals surface area contributed by atoms with E-state index in [-0.39, 0.29) is 0 Å². The number of rotatable bonds is 1. The van der Waals surface area contributed by atoms with Gasteiger partial charge in [0.1, 0.15) is 26.2 Å². The lowest BCUT2D eigenvalue weighted by Gasteiger charge is -2.09. The molecule has 1 rings (SSSR count). The maximum absolute atomic E-state index is 12.5. The van der Waals surface area contributed by atoms with Crippen molar-refractivity contribution in [1.29, 1.82) is 0 Å². The van der Waals surface area contributed by atoms with Gasteiger partial charge in [0.05, 0.1) is 12.6 Å². The molecule has 5 heteroatoms. The van der Waals surface area contributed by atoms with Gasteiger partial charge >= 0.3 is 0 Å². The van der Waals surface area contributed by atoms with Gasteiger partial charge in [-0.3, -0.25) is 0 Å². The van der Waals surface area contributed by atoms with Crippen LogP contribution in [-0.2, 0) is 4.74 Å². The van der Waals surface area contributed by atoms with E-state index in [1.165, 1.54) is 0 Å². The molecule has 1 aliphatic rings. The Kier molecular flexibility index (Phi) is 2.28. The third kappa shape index (κ3) is 1.16. The highest BCUT2D eigenvalue weighted by Crippen LogP contribution is 2.21. The van der Waals surface area contributed by atoms with Crippen molar-refractivity contribution >= 4 is 7.85 Å². The highest BCUT2D eigenvalue weighted by molar-refractivity contribution is 6.11. The predicted molar refractivity (Wildman–Crippen MR) is 32.4 cm³/mol. The lowest BCUT2D eigenvalue weighted by Crippen LogP contribution is -2.30. The van der Waals surface area contributed by atoms with Crippen LogP contribution >= 0.6 is 0 Å². The first kappa shape index (κ1) is 7.98. The van der Waals surface area contributed by atoms with Gasteiger partial charge in [-0.2, -0.15) is 0 Å². The van der Waals surface area contributed by atoms with E-state index < -0.39 is 31.0 Å². The summed E-state index contributed by atoms with van der Waals surface area (Å²) in [6.45, 7) is -0.407. The molecule has 1 saturated heterocycles. The molecule has 10 heavy (non-hydrogen) atoms. The molecule has 2 N–H and O–H groups in total. The second-order valence-electron chi connectivity index (χ2n) is 2.26. The van der Waals surface area contributed by atoms with Crippen molar-refractivity contribution < 1.29 is 19.3 Å². The topological polar surface area (TPSA) is 49.7 Å². The van der Waals surface area contributed by atoms with Crippen molar-refractivity contribution in [2.24, 2.45) is 0 Å². The first-order chi connectivity index (χ1) is 4.66. The van der Waals surface area contributed by atoms with E-state index in [1.807, 2.05) is 0 Å². The van der Waals surface area contributed by atoms with Crippen molar-refractivity contribution in [3.8, 4) is 0 Å². The number of hydrogen-bond acceptors (Lipinski definition) is 3. The zero-order valence-corrected chi connectivity index (χ0v) is 5.27. The van der Waals surface area contributed by atoms with E-state index in [0.29, 0.717) is 0 Å². The summed E-state index contributed by atoms with van der Waals surface area (Å²) in [5, 5.41) is 17.4. The van der Waals surface area contributed by atoms with Crippen LogP contribution < -0.4 is 0 Å². The third-order valence-corrected chi connectivity index (χ3v) is 1.53. The Morgan fingerprint density at radius 3 is 2.40 bits per heavy atom. The molecule has 1 heterocycles. The molecular weight excluding hydrogens is 138 g/mol. The maximum atomic E-state index is 12.5. The summed E-state index contributed by atoms with van der Waals surface area (Å²) >= 11 is 0. The molecule has 0 spiro atoms. The lowest BCUT2D eigenvalue weighted by molar-refractivity contribution is -0.00566. The van der Waals surface area contributed by atoms with Crippen molar-refractivity contribution in [3.05, 3.63) is 0 Å². The van der Waals surface area contributed by atoms with Crippen molar-refractivity contribution in [2.45, 2.75) is 24.4 Å². The molecule has 0 aromatic heterocycles. The van der Waals surface area contributed by atoms with E-state index in [4.69, 9.17) is 18.1 Å². The molecule has 1 fully saturated rings. The standard InChI is InChI=1S/C5H8BFO3/c6-5-3(7)4(9)2(1-8)10-5/h2-5,8-9H,1H2/t2-,3?,4?,5-/m0/s1. The Bertz CT molecular complexity index is 123. The van der Waals surface area contributed by atoms with Gasteiger partial charge in [0, 0.05) is 0 Å². The molecule has 3 nitrogen and oxygen atoms in total. The first-order valence-electron chi connectivity index (χ1n) is 3.01. The van der Waals surface area contributed by atoms with Gasteiger partial charge in [0.2, 0.25) is 0 Å². The highest BCUT2D eigenvalue weighted by atomic mass is 19.1. The average Bonchev–Trinajstić information content (AvgIpc) is 2.17. The average molecular weight is 146 g/mol. The van der Waals surface area contributed by atoms with Crippen LogP contribution in [0.1, 0.15) is 0 Å². The summed E-state index contributed by atoms with van der Waals surface area (Å²) in [6, 6.07) is -1.10. The summed E-state index contributed by atoms with van der Waals surface area (Å²) in [6.07, 6.45) is -3.75. The summed E-state index contributed by atoms with van der Waals surface area (Å²) in [5.74, 6) is 0. The van der Waals surface area contributed by atoms with E-state index >= 15 is 0 Å². The number of alkyl halides is 1. The largest absolute Gasteiger partial charge is 0.394 e. The molecule has 1 aliphatic heterocycles. The number of ether oxygens (including phenoxy) is 1. The smallest absolute Gasteiger partial charge is 0.146 e. The lowest BCUT2D eigenvalue weighted by atomic mass is 9.94. The first-order valence-corrected chi connectivity index (χ1v) is 3.01. The summed E-state index contributed by atoms with van der Waals surface area (Å²) in [7, 11) is 5.07. The fourth-order valence-electron chi connectivity index (χ4n) is 0.908. The summed E-state index contributed by atoms with van der Waals surface area (Å²) in [5.41, 5.74) is 0. The molecule has 2 unspecified atom stereocenters. The van der Waals surface area contributed by atoms with Gasteiger partial charge in [0.15, 0.2) is 0 Å². The van der Waals surface area contributed by atoms with Crippen LogP contribution in [-0.4, -0.2) is 49.0 Å². The third-order valence-electron chi connectivity index (χ3n) is 1.53. The van der Waals surface area contributed by atoms with Gasteiger partial charge in [0.25, 0.3) is 0 Å². The van der Waals surface area contributed by atoms with Gasteiger partial charge in [-0.15, -0.1) is 0 Å². The SMILES string of the molecule is [B][C@H]1O[C@@H](CO)C(O)C1F. The Balaban J connectivity index is 2.53. The highest BCUT2D eigenvalue weighted by Gasteiger charge is 2.40. The molecular formula is C5H8BFO3. The molecule has 2 radical (unpaired) electrons. The predicted octanol–water partition coefficient (Wildman–Crippen LogP) is -1.43. The number of halogens is 1. The molecule has 4 atom stereocenters. The second-order valence-corrected chi connectivity index (χ2v) is 2.26. The fraction of sp³-hybridized carbons (Fsp3) is 1.00. The molecule has 0 aliphatic carbocycles. The summed E-state index contributed by atoms with van der Waals surface area (Å²) in [4.78, 5) is 0. The monoisotopic (exact) mass is 146 g/mol. The van der Waals surface area contributed by atoms with Crippen LogP contribution in [0.2, 0.25) is 0 Å². The van der Waals surface area contributed by atoms with Crippen LogP contribution in [0.3, 0.4) is 0 Å². The van der Waals surface area contributed by atoms with Crippen LogP contribution in [0.4, 0.5) is 4.39 Å². The van der Waals surface area contributed by atoms with E-state index in [0.717, 1.165) is 0 Å². The Labute approximate surface area is 59.2 Å². The minimum atomic E-state index is -1.59. The zero-order valence-electron chi connectivity index (χ0n) is 5.27. The van der Waals surface area contributed by atoms with Gasteiger partial charge in [-0.05, 0) is 0 Å². The minimum absolute atomic E-state index is 0.407. The Hall–Kier alpha value is -0.125. The van der Waals surface area contributed by atoms with Gasteiger partial charge in [-0.25, -0.2) is 4.39 Å². The fourth-order valence-corrected chi connectivity index (χ4v) is 0.908. The van der Waals surface area contributed by atoms with Gasteiger partial charge < -0.3 is 14.9 Å². The number of aliphatic hydroxyl groups excluding tert-OH is 2. The maximum Gasteiger partial charge on any atom is 0.146 e. The Morgan fingerprint density at radius 1 is 1.60 bits per heavy atom. The molecule has 0 amide bonds. The van der Waals surface area contributed by atoms with Crippen LogP contribution in [0.5, 0.6) is 0 Å². The molecule has 56 valence electrons.